The average molecular weight is 228 g/mol. The zero-order valence-electron chi connectivity index (χ0n) is 7.81. The number of aromatic hydroxyl groups is 1. The van der Waals surface area contributed by atoms with Crippen molar-refractivity contribution in [3.63, 3.8) is 0 Å². The summed E-state index contributed by atoms with van der Waals surface area (Å²) in [6.45, 7) is 0. The van der Waals surface area contributed by atoms with E-state index in [-0.39, 0.29) is 0 Å². The number of hydrogen-bond donors (Lipinski definition) is 2. The molecule has 0 radical (unpaired) electrons. The Kier molecular flexibility index (Phi) is 3.35. The van der Waals surface area contributed by atoms with Crippen molar-refractivity contribution in [2.24, 2.45) is 0 Å². The van der Waals surface area contributed by atoms with Crippen LogP contribution in [0, 0.1) is 11.3 Å². The highest BCUT2D eigenvalue weighted by Gasteiger charge is 2.23. The maximum atomic E-state index is 12.6. The highest BCUT2D eigenvalue weighted by molar-refractivity contribution is 5.72. The summed E-state index contributed by atoms with van der Waals surface area (Å²) in [5.74, 6) is -2.04. The van der Waals surface area contributed by atoms with Crippen LogP contribution < -0.4 is 0 Å². The molecule has 7 heteroatoms. The second-order valence-electron chi connectivity index (χ2n) is 2.87. The van der Waals surface area contributed by atoms with Crippen molar-refractivity contribution in [3.8, 4) is 11.8 Å². The van der Waals surface area contributed by atoms with Crippen molar-refractivity contribution in [1.82, 2.24) is 4.98 Å². The summed E-state index contributed by atoms with van der Waals surface area (Å²) >= 11 is 0. The van der Waals surface area contributed by atoms with Crippen molar-refractivity contribution in [3.05, 3.63) is 23.0 Å². The van der Waals surface area contributed by atoms with Gasteiger partial charge in [0.2, 0.25) is 0 Å². The highest BCUT2D eigenvalue weighted by Crippen LogP contribution is 2.31. The van der Waals surface area contributed by atoms with Gasteiger partial charge in [0.25, 0.3) is 6.43 Å². The number of aliphatic carboxylic acids is 1. The third-order valence-corrected chi connectivity index (χ3v) is 1.86. The Bertz CT molecular complexity index is 469. The zero-order chi connectivity index (χ0) is 12.3. The van der Waals surface area contributed by atoms with Crippen LogP contribution in [0.15, 0.2) is 6.20 Å². The number of nitrogens with zero attached hydrogens (tertiary/aromatic N) is 2. The second-order valence-corrected chi connectivity index (χ2v) is 2.87. The van der Waals surface area contributed by atoms with Gasteiger partial charge in [-0.2, -0.15) is 5.26 Å². The van der Waals surface area contributed by atoms with E-state index in [1.165, 1.54) is 6.07 Å². The molecular formula is C9H6F2N2O3. The summed E-state index contributed by atoms with van der Waals surface area (Å²) in [5.41, 5.74) is -1.89. The lowest BCUT2D eigenvalue weighted by Crippen LogP contribution is -2.07. The first-order valence-corrected chi connectivity index (χ1v) is 4.08. The molecule has 1 heterocycles. The number of alkyl halides is 2. The lowest BCUT2D eigenvalue weighted by molar-refractivity contribution is -0.136. The Hall–Kier alpha value is -2.23. The second kappa shape index (κ2) is 4.53. The van der Waals surface area contributed by atoms with E-state index in [0.717, 1.165) is 6.20 Å². The predicted molar refractivity (Wildman–Crippen MR) is 46.9 cm³/mol. The molecule has 0 aliphatic carbocycles. The molecule has 0 amide bonds. The van der Waals surface area contributed by atoms with Gasteiger partial charge >= 0.3 is 5.97 Å². The van der Waals surface area contributed by atoms with Gasteiger partial charge in [0.15, 0.2) is 0 Å². The molecule has 16 heavy (non-hydrogen) atoms. The standard InChI is InChI=1S/C9H6F2N2O3/c10-9(11)8-4(1-7(15)16)6(14)3-13-5(8)2-12/h3,9,14H,1H2,(H,15,16). The van der Waals surface area contributed by atoms with Gasteiger partial charge in [-0.05, 0) is 0 Å². The summed E-state index contributed by atoms with van der Waals surface area (Å²) in [6, 6.07) is 1.42. The van der Waals surface area contributed by atoms with Crippen molar-refractivity contribution >= 4 is 5.97 Å². The van der Waals surface area contributed by atoms with Crippen molar-refractivity contribution in [2.45, 2.75) is 12.8 Å². The molecule has 0 atom stereocenters. The first kappa shape index (κ1) is 11.8. The summed E-state index contributed by atoms with van der Waals surface area (Å²) < 4.78 is 25.2. The molecule has 0 spiro atoms. The Labute approximate surface area is 88.6 Å². The zero-order valence-corrected chi connectivity index (χ0v) is 7.81. The number of rotatable bonds is 3. The topological polar surface area (TPSA) is 94.2 Å². The fourth-order valence-electron chi connectivity index (χ4n) is 1.22. The van der Waals surface area contributed by atoms with Crippen LogP contribution >= 0.6 is 0 Å². The van der Waals surface area contributed by atoms with E-state index >= 15 is 0 Å². The van der Waals surface area contributed by atoms with E-state index in [4.69, 9.17) is 10.4 Å². The Morgan fingerprint density at radius 1 is 1.62 bits per heavy atom. The summed E-state index contributed by atoms with van der Waals surface area (Å²) in [7, 11) is 0. The third kappa shape index (κ3) is 2.23. The Morgan fingerprint density at radius 3 is 2.69 bits per heavy atom. The predicted octanol–water partition coefficient (Wildman–Crippen LogP) is 1.22. The lowest BCUT2D eigenvalue weighted by Gasteiger charge is -2.09. The van der Waals surface area contributed by atoms with Crippen LogP contribution in [-0.4, -0.2) is 21.2 Å². The van der Waals surface area contributed by atoms with E-state index in [1.807, 2.05) is 0 Å². The van der Waals surface area contributed by atoms with Gasteiger partial charge in [0, 0.05) is 5.56 Å². The van der Waals surface area contributed by atoms with Gasteiger partial charge in [-0.1, -0.05) is 0 Å². The Balaban J connectivity index is 3.43. The lowest BCUT2D eigenvalue weighted by atomic mass is 10.0. The molecule has 0 saturated carbocycles. The SMILES string of the molecule is N#Cc1ncc(O)c(CC(=O)O)c1C(F)F. The summed E-state index contributed by atoms with van der Waals surface area (Å²) in [5, 5.41) is 26.3. The minimum absolute atomic E-state index is 0.478. The van der Waals surface area contributed by atoms with Crippen LogP contribution in [0.1, 0.15) is 23.2 Å². The molecule has 1 aromatic heterocycles. The molecule has 84 valence electrons. The largest absolute Gasteiger partial charge is 0.506 e. The molecule has 0 bridgehead atoms. The summed E-state index contributed by atoms with van der Waals surface area (Å²) in [6.07, 6.45) is -3.07. The number of nitriles is 1. The molecule has 0 aliphatic rings. The fourth-order valence-corrected chi connectivity index (χ4v) is 1.22. The molecule has 0 aromatic carbocycles. The van der Waals surface area contributed by atoms with Crippen LogP contribution in [0.5, 0.6) is 5.75 Å². The minimum Gasteiger partial charge on any atom is -0.506 e. The number of halogens is 2. The van der Waals surface area contributed by atoms with Gasteiger partial charge in [-0.15, -0.1) is 0 Å². The molecule has 0 fully saturated rings. The van der Waals surface area contributed by atoms with Crippen molar-refractivity contribution in [1.29, 1.82) is 5.26 Å². The van der Waals surface area contributed by atoms with E-state index in [1.54, 1.807) is 0 Å². The number of aromatic nitrogens is 1. The first-order valence-electron chi connectivity index (χ1n) is 4.08. The number of carboxylic acid groups (broad SMARTS) is 1. The number of carboxylic acids is 1. The van der Waals surface area contributed by atoms with Gasteiger partial charge in [0.1, 0.15) is 17.5 Å². The van der Waals surface area contributed by atoms with Crippen molar-refractivity contribution in [2.75, 3.05) is 0 Å². The summed E-state index contributed by atoms with van der Waals surface area (Å²) in [4.78, 5) is 13.7. The fraction of sp³-hybridized carbons (Fsp3) is 0.222. The number of carbonyl (C=O) groups is 1. The average Bonchev–Trinajstić information content (AvgIpc) is 2.19. The van der Waals surface area contributed by atoms with Gasteiger partial charge in [-0.3, -0.25) is 4.79 Å². The first-order chi connectivity index (χ1) is 7.47. The molecule has 1 aromatic rings. The molecule has 1 rings (SSSR count). The molecule has 5 nitrogen and oxygen atoms in total. The van der Waals surface area contributed by atoms with Gasteiger partial charge < -0.3 is 10.2 Å². The molecule has 0 saturated heterocycles. The van der Waals surface area contributed by atoms with Crippen LogP contribution in [0.25, 0.3) is 0 Å². The van der Waals surface area contributed by atoms with E-state index in [0.29, 0.717) is 0 Å². The van der Waals surface area contributed by atoms with E-state index in [9.17, 15) is 18.7 Å². The van der Waals surface area contributed by atoms with E-state index in [2.05, 4.69) is 4.98 Å². The molecule has 0 aliphatic heterocycles. The maximum absolute atomic E-state index is 12.6. The number of hydrogen-bond acceptors (Lipinski definition) is 4. The van der Waals surface area contributed by atoms with Crippen LogP contribution in [-0.2, 0) is 11.2 Å². The highest BCUT2D eigenvalue weighted by atomic mass is 19.3. The molecule has 2 N–H and O–H groups in total. The third-order valence-electron chi connectivity index (χ3n) is 1.86. The van der Waals surface area contributed by atoms with Gasteiger partial charge in [0.05, 0.1) is 18.2 Å². The quantitative estimate of drug-likeness (QED) is 0.811. The molecular weight excluding hydrogens is 222 g/mol. The Morgan fingerprint density at radius 2 is 2.25 bits per heavy atom. The van der Waals surface area contributed by atoms with E-state index < -0.39 is 41.4 Å². The van der Waals surface area contributed by atoms with Crippen LogP contribution in [0.4, 0.5) is 8.78 Å². The van der Waals surface area contributed by atoms with Crippen LogP contribution in [0.3, 0.4) is 0 Å². The normalized spacial score (nSPS) is 10.1. The smallest absolute Gasteiger partial charge is 0.307 e. The monoisotopic (exact) mass is 228 g/mol. The van der Waals surface area contributed by atoms with Crippen LogP contribution in [0.2, 0.25) is 0 Å². The minimum atomic E-state index is -3.07. The van der Waals surface area contributed by atoms with Crippen molar-refractivity contribution < 1.29 is 23.8 Å². The van der Waals surface area contributed by atoms with Gasteiger partial charge in [-0.25, -0.2) is 13.8 Å². The maximum Gasteiger partial charge on any atom is 0.307 e. The molecule has 0 unspecified atom stereocenters. The number of pyridine rings is 1.